The van der Waals surface area contributed by atoms with Crippen LogP contribution in [-0.4, -0.2) is 29.7 Å². The van der Waals surface area contributed by atoms with Crippen LogP contribution in [0.3, 0.4) is 0 Å². The van der Waals surface area contributed by atoms with Crippen molar-refractivity contribution in [2.45, 2.75) is 12.5 Å². The first-order valence-corrected chi connectivity index (χ1v) is 8.72. The van der Waals surface area contributed by atoms with E-state index in [0.717, 1.165) is 22.4 Å². The molecule has 142 valence electrons. The lowest BCUT2D eigenvalue weighted by molar-refractivity contribution is 0.278. The zero-order chi connectivity index (χ0) is 19.7. The number of ether oxygens (including phenoxy) is 2. The van der Waals surface area contributed by atoms with E-state index in [9.17, 15) is 4.39 Å². The van der Waals surface area contributed by atoms with E-state index in [1.165, 1.54) is 12.4 Å². The molecule has 1 aliphatic heterocycles. The first kappa shape index (κ1) is 17.9. The van der Waals surface area contributed by atoms with Crippen LogP contribution >= 0.6 is 0 Å². The summed E-state index contributed by atoms with van der Waals surface area (Å²) in [6.45, 7) is 2.18. The molecule has 0 unspecified atom stereocenters. The van der Waals surface area contributed by atoms with Crippen LogP contribution < -0.4 is 10.5 Å². The van der Waals surface area contributed by atoms with Crippen LogP contribution in [0.4, 0.5) is 4.39 Å². The molecule has 3 aromatic rings. The second-order valence-electron chi connectivity index (χ2n) is 6.61. The molecule has 7 heteroatoms. The van der Waals surface area contributed by atoms with E-state index in [0.29, 0.717) is 11.1 Å². The molecule has 0 amide bonds. The maximum Gasteiger partial charge on any atom is 0.283 e. The summed E-state index contributed by atoms with van der Waals surface area (Å²) in [6.07, 6.45) is 4.55. The monoisotopic (exact) mass is 378 g/mol. The number of nitrogens with two attached hydrogens (primary N) is 1. The molecule has 0 saturated heterocycles. The fraction of sp³-hybridized carbons (Fsp3) is 0.190. The van der Waals surface area contributed by atoms with Crippen LogP contribution in [0.15, 0.2) is 60.1 Å². The zero-order valence-corrected chi connectivity index (χ0v) is 15.5. The highest BCUT2D eigenvalue weighted by atomic mass is 19.1. The number of methoxy groups -OCH3 is 1. The van der Waals surface area contributed by atoms with Gasteiger partial charge in [0.1, 0.15) is 24.5 Å². The van der Waals surface area contributed by atoms with Gasteiger partial charge in [-0.05, 0) is 47.9 Å². The van der Waals surface area contributed by atoms with Crippen LogP contribution in [0.25, 0.3) is 11.1 Å². The SMILES string of the molecule is COc1ccc([C@]2(c3ccc(F)c(-c4cncnc4)c3)COC(N)=N2)cc1C. The summed E-state index contributed by atoms with van der Waals surface area (Å²) in [5, 5.41) is 0. The third kappa shape index (κ3) is 2.94. The number of aliphatic imine (C=N–C) groups is 1. The molecule has 1 aromatic heterocycles. The molecule has 0 radical (unpaired) electrons. The highest BCUT2D eigenvalue weighted by Gasteiger charge is 2.40. The molecule has 2 N–H and O–H groups in total. The molecule has 2 aromatic carbocycles. The van der Waals surface area contributed by atoms with E-state index >= 15 is 0 Å². The van der Waals surface area contributed by atoms with Crippen molar-refractivity contribution < 1.29 is 13.9 Å². The topological polar surface area (TPSA) is 82.6 Å². The number of hydrogen-bond acceptors (Lipinski definition) is 6. The van der Waals surface area contributed by atoms with Gasteiger partial charge in [0, 0.05) is 23.5 Å². The third-order valence-corrected chi connectivity index (χ3v) is 4.92. The molecule has 0 aliphatic carbocycles. The van der Waals surface area contributed by atoms with E-state index in [-0.39, 0.29) is 18.4 Å². The quantitative estimate of drug-likeness (QED) is 0.754. The summed E-state index contributed by atoms with van der Waals surface area (Å²) < 4.78 is 25.4. The molecule has 6 nitrogen and oxygen atoms in total. The molecule has 1 atom stereocenters. The summed E-state index contributed by atoms with van der Waals surface area (Å²) in [5.41, 5.74) is 8.57. The zero-order valence-electron chi connectivity index (χ0n) is 15.5. The number of aromatic nitrogens is 2. The van der Waals surface area contributed by atoms with Gasteiger partial charge >= 0.3 is 0 Å². The molecule has 0 bridgehead atoms. The van der Waals surface area contributed by atoms with Crippen molar-refractivity contribution >= 4 is 6.02 Å². The largest absolute Gasteiger partial charge is 0.496 e. The van der Waals surface area contributed by atoms with Crippen molar-refractivity contribution in [3.05, 3.63) is 77.6 Å². The number of hydrogen-bond donors (Lipinski definition) is 1. The fourth-order valence-corrected chi connectivity index (χ4v) is 3.47. The van der Waals surface area contributed by atoms with Gasteiger partial charge in [-0.3, -0.25) is 0 Å². The summed E-state index contributed by atoms with van der Waals surface area (Å²) in [5.74, 6) is 0.409. The number of benzene rings is 2. The van der Waals surface area contributed by atoms with Crippen molar-refractivity contribution in [1.82, 2.24) is 9.97 Å². The Kier molecular flexibility index (Phi) is 4.43. The lowest BCUT2D eigenvalue weighted by Gasteiger charge is -2.26. The molecular weight excluding hydrogens is 359 g/mol. The Bertz CT molecular complexity index is 1060. The summed E-state index contributed by atoms with van der Waals surface area (Å²) in [4.78, 5) is 12.6. The van der Waals surface area contributed by atoms with Crippen molar-refractivity contribution in [2.24, 2.45) is 10.7 Å². The minimum atomic E-state index is -0.876. The van der Waals surface area contributed by atoms with Crippen molar-refractivity contribution in [3.63, 3.8) is 0 Å². The molecule has 0 fully saturated rings. The van der Waals surface area contributed by atoms with E-state index in [4.69, 9.17) is 15.2 Å². The minimum Gasteiger partial charge on any atom is -0.496 e. The van der Waals surface area contributed by atoms with Crippen molar-refractivity contribution in [2.75, 3.05) is 13.7 Å². The van der Waals surface area contributed by atoms with E-state index in [2.05, 4.69) is 15.0 Å². The van der Waals surface area contributed by atoms with E-state index in [1.807, 2.05) is 25.1 Å². The molecule has 0 saturated carbocycles. The van der Waals surface area contributed by atoms with Crippen LogP contribution in [0.1, 0.15) is 16.7 Å². The summed E-state index contributed by atoms with van der Waals surface area (Å²) >= 11 is 0. The molecular formula is C21H19FN4O2. The van der Waals surface area contributed by atoms with Crippen LogP contribution in [-0.2, 0) is 10.3 Å². The van der Waals surface area contributed by atoms with Gasteiger partial charge in [-0.2, -0.15) is 0 Å². The van der Waals surface area contributed by atoms with Gasteiger partial charge in [0.2, 0.25) is 0 Å². The smallest absolute Gasteiger partial charge is 0.283 e. The number of amidine groups is 1. The Hall–Kier alpha value is -3.48. The van der Waals surface area contributed by atoms with Gasteiger partial charge in [-0.15, -0.1) is 0 Å². The second-order valence-corrected chi connectivity index (χ2v) is 6.61. The van der Waals surface area contributed by atoms with Gasteiger partial charge in [0.25, 0.3) is 6.02 Å². The molecule has 4 rings (SSSR count). The predicted molar refractivity (Wildman–Crippen MR) is 104 cm³/mol. The fourth-order valence-electron chi connectivity index (χ4n) is 3.47. The lowest BCUT2D eigenvalue weighted by Crippen LogP contribution is -2.27. The van der Waals surface area contributed by atoms with Gasteiger partial charge in [-0.25, -0.2) is 19.4 Å². The Labute approximate surface area is 161 Å². The Morgan fingerprint density at radius 2 is 1.82 bits per heavy atom. The minimum absolute atomic E-state index is 0.0994. The second kappa shape index (κ2) is 6.92. The maximum atomic E-state index is 14.5. The van der Waals surface area contributed by atoms with Gasteiger partial charge < -0.3 is 15.2 Å². The van der Waals surface area contributed by atoms with Crippen LogP contribution in [0.2, 0.25) is 0 Å². The summed E-state index contributed by atoms with van der Waals surface area (Å²) in [7, 11) is 1.63. The van der Waals surface area contributed by atoms with Gasteiger partial charge in [0.15, 0.2) is 5.54 Å². The van der Waals surface area contributed by atoms with E-state index < -0.39 is 5.54 Å². The molecule has 2 heterocycles. The lowest BCUT2D eigenvalue weighted by atomic mass is 9.82. The Morgan fingerprint density at radius 1 is 1.11 bits per heavy atom. The molecule has 28 heavy (non-hydrogen) atoms. The number of halogens is 1. The van der Waals surface area contributed by atoms with Gasteiger partial charge in [-0.1, -0.05) is 12.1 Å². The number of rotatable bonds is 4. The van der Waals surface area contributed by atoms with Crippen molar-refractivity contribution in [1.29, 1.82) is 0 Å². The Balaban J connectivity index is 1.89. The normalized spacial score (nSPS) is 18.5. The Morgan fingerprint density at radius 3 is 2.46 bits per heavy atom. The average molecular weight is 378 g/mol. The molecule has 1 aliphatic rings. The predicted octanol–water partition coefficient (Wildman–Crippen LogP) is 3.19. The van der Waals surface area contributed by atoms with Crippen molar-refractivity contribution in [3.8, 4) is 16.9 Å². The van der Waals surface area contributed by atoms with Crippen LogP contribution in [0.5, 0.6) is 5.75 Å². The maximum absolute atomic E-state index is 14.5. The van der Waals surface area contributed by atoms with Gasteiger partial charge in [0.05, 0.1) is 7.11 Å². The molecule has 0 spiro atoms. The summed E-state index contributed by atoms with van der Waals surface area (Å²) in [6, 6.07) is 10.8. The van der Waals surface area contributed by atoms with Crippen LogP contribution in [0, 0.1) is 12.7 Å². The highest BCUT2D eigenvalue weighted by molar-refractivity contribution is 5.76. The first-order valence-electron chi connectivity index (χ1n) is 8.72. The number of nitrogens with zero attached hydrogens (tertiary/aromatic N) is 3. The number of aryl methyl sites for hydroxylation is 1. The van der Waals surface area contributed by atoms with E-state index in [1.54, 1.807) is 31.6 Å². The first-order chi connectivity index (χ1) is 13.5. The average Bonchev–Trinajstić information content (AvgIpc) is 3.12. The third-order valence-electron chi connectivity index (χ3n) is 4.92. The highest BCUT2D eigenvalue weighted by Crippen LogP contribution is 2.40. The standard InChI is InChI=1S/C21H19FN4O2/c1-13-7-15(4-6-19(13)27-2)21(11-28-20(23)26-21)16-3-5-18(22)17(8-16)14-9-24-12-25-10-14/h3-10,12H,11H2,1-2H3,(H2,23,26)/t21-/m0/s1.